The minimum atomic E-state index is -3.96. The highest BCUT2D eigenvalue weighted by atomic mass is 32.2. The lowest BCUT2D eigenvalue weighted by molar-refractivity contribution is 0.177. The zero-order valence-corrected chi connectivity index (χ0v) is 12.8. The van der Waals surface area contributed by atoms with E-state index in [9.17, 15) is 13.2 Å². The normalized spacial score (nSPS) is 16.0. The summed E-state index contributed by atoms with van der Waals surface area (Å²) in [6, 6.07) is 5.33. The van der Waals surface area contributed by atoms with Crippen molar-refractivity contribution in [2.24, 2.45) is 5.73 Å². The van der Waals surface area contributed by atoms with Crippen molar-refractivity contribution in [2.75, 3.05) is 18.0 Å². The summed E-state index contributed by atoms with van der Waals surface area (Å²) >= 11 is 0. The Balaban J connectivity index is 2.36. The first kappa shape index (κ1) is 15.6. The first-order valence-corrected chi connectivity index (χ1v) is 8.06. The Hall–Kier alpha value is -1.80. The van der Waals surface area contributed by atoms with Crippen molar-refractivity contribution in [1.29, 1.82) is 0 Å². The largest absolute Gasteiger partial charge is 0.452 e. The number of methoxy groups -OCH3 is 1. The summed E-state index contributed by atoms with van der Waals surface area (Å²) in [7, 11) is -2.85. The smallest absolute Gasteiger partial charge is 0.422 e. The number of hydrogen-bond donors (Lipinski definition) is 2. The topological polar surface area (TPSA) is 102 Å². The first-order valence-electron chi connectivity index (χ1n) is 6.62. The average molecular weight is 313 g/mol. The monoisotopic (exact) mass is 313 g/mol. The van der Waals surface area contributed by atoms with Crippen LogP contribution in [0, 0.1) is 0 Å². The lowest BCUT2D eigenvalue weighted by atomic mass is 9.98. The minimum absolute atomic E-state index is 0.115. The molecule has 1 aliphatic heterocycles. The van der Waals surface area contributed by atoms with Gasteiger partial charge in [-0.05, 0) is 37.0 Å². The van der Waals surface area contributed by atoms with Crippen LogP contribution in [0.2, 0.25) is 0 Å². The standard InChI is InChI=1S/C13H19N3O4S/c1-9(14)10-5-6-12-11(8-10)4-3-7-16(12)21(18,19)15-13(17)20-2/h5-6,8-9H,3-4,7,14H2,1-2H3,(H,15,17). The average Bonchev–Trinajstić information content (AvgIpc) is 2.45. The van der Waals surface area contributed by atoms with Crippen molar-refractivity contribution in [3.05, 3.63) is 29.3 Å². The summed E-state index contributed by atoms with van der Waals surface area (Å²) in [6.07, 6.45) is 0.451. The van der Waals surface area contributed by atoms with Crippen molar-refractivity contribution in [2.45, 2.75) is 25.8 Å². The number of carbonyl (C=O) groups excluding carboxylic acids is 1. The maximum Gasteiger partial charge on any atom is 0.422 e. The molecule has 1 aromatic rings. The van der Waals surface area contributed by atoms with Crippen LogP contribution < -0.4 is 14.8 Å². The zero-order chi connectivity index (χ0) is 15.6. The third-order valence-corrected chi connectivity index (χ3v) is 4.78. The number of nitrogens with one attached hydrogen (secondary N) is 1. The van der Waals surface area contributed by atoms with E-state index in [2.05, 4.69) is 4.74 Å². The van der Waals surface area contributed by atoms with Gasteiger partial charge in [0.05, 0.1) is 12.8 Å². The van der Waals surface area contributed by atoms with E-state index in [4.69, 9.17) is 5.73 Å². The minimum Gasteiger partial charge on any atom is -0.452 e. The predicted octanol–water partition coefficient (Wildman–Crippen LogP) is 1.06. The molecule has 3 N–H and O–H groups in total. The number of hydrogen-bond acceptors (Lipinski definition) is 5. The second kappa shape index (κ2) is 5.90. The van der Waals surface area contributed by atoms with Gasteiger partial charge >= 0.3 is 16.3 Å². The first-order chi connectivity index (χ1) is 9.85. The fourth-order valence-electron chi connectivity index (χ4n) is 2.32. The number of nitrogens with zero attached hydrogens (tertiary/aromatic N) is 1. The van der Waals surface area contributed by atoms with E-state index in [1.165, 1.54) is 4.31 Å². The fourth-order valence-corrected chi connectivity index (χ4v) is 3.53. The van der Waals surface area contributed by atoms with Gasteiger partial charge in [0.15, 0.2) is 0 Å². The molecular formula is C13H19N3O4S. The van der Waals surface area contributed by atoms with Gasteiger partial charge in [-0.3, -0.25) is 4.31 Å². The molecule has 21 heavy (non-hydrogen) atoms. The van der Waals surface area contributed by atoms with E-state index in [1.54, 1.807) is 12.1 Å². The van der Waals surface area contributed by atoms with Crippen molar-refractivity contribution in [3.8, 4) is 0 Å². The number of nitrogens with two attached hydrogens (primary N) is 1. The van der Waals surface area contributed by atoms with Crippen LogP contribution in [0.5, 0.6) is 0 Å². The molecule has 0 aliphatic carbocycles. The van der Waals surface area contributed by atoms with E-state index in [0.29, 0.717) is 18.7 Å². The van der Waals surface area contributed by atoms with Crippen molar-refractivity contribution in [1.82, 2.24) is 4.72 Å². The number of carbonyl (C=O) groups is 1. The summed E-state index contributed by atoms with van der Waals surface area (Å²) in [4.78, 5) is 11.2. The van der Waals surface area contributed by atoms with Crippen molar-refractivity contribution >= 4 is 22.0 Å². The maximum atomic E-state index is 12.2. The van der Waals surface area contributed by atoms with Crippen LogP contribution in [0.1, 0.15) is 30.5 Å². The van der Waals surface area contributed by atoms with Gasteiger partial charge in [0.1, 0.15) is 0 Å². The quantitative estimate of drug-likeness (QED) is 0.869. The highest BCUT2D eigenvalue weighted by Gasteiger charge is 2.29. The molecule has 0 spiro atoms. The molecule has 1 heterocycles. The fraction of sp³-hybridized carbons (Fsp3) is 0.462. The molecule has 0 saturated heterocycles. The molecule has 0 radical (unpaired) electrons. The molecule has 0 aromatic heterocycles. The van der Waals surface area contributed by atoms with Crippen LogP contribution in [0.3, 0.4) is 0 Å². The van der Waals surface area contributed by atoms with Gasteiger partial charge in [-0.1, -0.05) is 12.1 Å². The number of aryl methyl sites for hydroxylation is 1. The molecule has 1 atom stereocenters. The second-order valence-electron chi connectivity index (χ2n) is 4.95. The number of rotatable bonds is 3. The summed E-state index contributed by atoms with van der Waals surface area (Å²) in [5, 5.41) is 0. The van der Waals surface area contributed by atoms with Crippen LogP contribution in [-0.2, 0) is 21.4 Å². The molecule has 1 amide bonds. The maximum absolute atomic E-state index is 12.2. The van der Waals surface area contributed by atoms with Crippen LogP contribution in [-0.4, -0.2) is 28.2 Å². The number of amides is 1. The van der Waals surface area contributed by atoms with Gasteiger partial charge in [-0.15, -0.1) is 0 Å². The number of fused-ring (bicyclic) bond motifs is 1. The summed E-state index contributed by atoms with van der Waals surface area (Å²) in [5.74, 6) is 0. The van der Waals surface area contributed by atoms with Gasteiger partial charge in [0, 0.05) is 12.6 Å². The highest BCUT2D eigenvalue weighted by molar-refractivity contribution is 7.91. The van der Waals surface area contributed by atoms with Gasteiger partial charge in [0.2, 0.25) is 0 Å². The molecule has 2 rings (SSSR count). The Labute approximate surface area is 124 Å². The van der Waals surface area contributed by atoms with E-state index >= 15 is 0 Å². The van der Waals surface area contributed by atoms with Crippen LogP contribution in [0.25, 0.3) is 0 Å². The zero-order valence-electron chi connectivity index (χ0n) is 12.0. The third-order valence-electron chi connectivity index (χ3n) is 3.39. The van der Waals surface area contributed by atoms with Gasteiger partial charge in [0.25, 0.3) is 0 Å². The Bertz CT molecular complexity index is 643. The lowest BCUT2D eigenvalue weighted by Crippen LogP contribution is -2.45. The van der Waals surface area contributed by atoms with Crippen LogP contribution in [0.4, 0.5) is 10.5 Å². The molecule has 8 heteroatoms. The van der Waals surface area contributed by atoms with Crippen LogP contribution >= 0.6 is 0 Å². The number of ether oxygens (including phenoxy) is 1. The lowest BCUT2D eigenvalue weighted by Gasteiger charge is -2.30. The molecular weight excluding hydrogens is 294 g/mol. The van der Waals surface area contributed by atoms with Crippen LogP contribution in [0.15, 0.2) is 18.2 Å². The summed E-state index contributed by atoms with van der Waals surface area (Å²) in [5.41, 5.74) is 8.28. The Kier molecular flexibility index (Phi) is 4.38. The molecule has 7 nitrogen and oxygen atoms in total. The summed E-state index contributed by atoms with van der Waals surface area (Å²) < 4.78 is 31.8. The Morgan fingerprint density at radius 3 is 2.81 bits per heavy atom. The highest BCUT2D eigenvalue weighted by Crippen LogP contribution is 2.30. The molecule has 1 aliphatic rings. The molecule has 1 unspecified atom stereocenters. The van der Waals surface area contributed by atoms with E-state index in [-0.39, 0.29) is 6.04 Å². The Morgan fingerprint density at radius 1 is 1.48 bits per heavy atom. The van der Waals surface area contributed by atoms with Crippen molar-refractivity contribution < 1.29 is 17.9 Å². The van der Waals surface area contributed by atoms with E-state index in [1.807, 2.05) is 17.7 Å². The molecule has 1 aromatic carbocycles. The van der Waals surface area contributed by atoms with E-state index < -0.39 is 16.3 Å². The van der Waals surface area contributed by atoms with Gasteiger partial charge in [-0.2, -0.15) is 8.42 Å². The predicted molar refractivity (Wildman–Crippen MR) is 79.2 cm³/mol. The molecule has 0 fully saturated rings. The number of anilines is 1. The van der Waals surface area contributed by atoms with Gasteiger partial charge < -0.3 is 10.5 Å². The molecule has 0 bridgehead atoms. The second-order valence-corrected chi connectivity index (χ2v) is 6.55. The van der Waals surface area contributed by atoms with Crippen molar-refractivity contribution in [3.63, 3.8) is 0 Å². The molecule has 0 saturated carbocycles. The molecule has 116 valence electrons. The van der Waals surface area contributed by atoms with Gasteiger partial charge in [-0.25, -0.2) is 9.52 Å². The number of benzene rings is 1. The Morgan fingerprint density at radius 2 is 2.19 bits per heavy atom. The third kappa shape index (κ3) is 3.27. The SMILES string of the molecule is COC(=O)NS(=O)(=O)N1CCCc2cc(C(C)N)ccc21. The van der Waals surface area contributed by atoms with E-state index in [0.717, 1.165) is 24.7 Å². The summed E-state index contributed by atoms with van der Waals surface area (Å²) in [6.45, 7) is 2.19.